The number of nitrogens with zero attached hydrogens (tertiary/aromatic N) is 2. The summed E-state index contributed by atoms with van der Waals surface area (Å²) >= 11 is 0. The van der Waals surface area contributed by atoms with Gasteiger partial charge in [0.15, 0.2) is 0 Å². The zero-order valence-corrected chi connectivity index (χ0v) is 4.33. The van der Waals surface area contributed by atoms with Gasteiger partial charge in [-0.05, 0) is 0 Å². The van der Waals surface area contributed by atoms with E-state index in [1.54, 1.807) is 19.3 Å². The molecule has 0 amide bonds. The van der Waals surface area contributed by atoms with Crippen molar-refractivity contribution in [3.05, 3.63) is 12.7 Å². The molecule has 0 bridgehead atoms. The molecule has 0 N–H and O–H groups in total. The summed E-state index contributed by atoms with van der Waals surface area (Å²) in [5.41, 5.74) is 0. The summed E-state index contributed by atoms with van der Waals surface area (Å²) in [7, 11) is 1.67. The van der Waals surface area contributed by atoms with Gasteiger partial charge in [-0.25, -0.2) is 4.99 Å². The van der Waals surface area contributed by atoms with Crippen molar-refractivity contribution in [2.24, 2.45) is 9.98 Å². The lowest BCUT2D eigenvalue weighted by atomic mass is 10.7. The van der Waals surface area contributed by atoms with Crippen LogP contribution in [0, 0.1) is 0 Å². The normalized spacial score (nSPS) is 11.0. The third-order valence-corrected chi connectivity index (χ3v) is 0.374. The van der Waals surface area contributed by atoms with E-state index in [2.05, 4.69) is 16.6 Å². The first-order chi connectivity index (χ1) is 3.41. The number of hydrogen-bond acceptors (Lipinski definition) is 1. The second kappa shape index (κ2) is 5.08. The summed E-state index contributed by atoms with van der Waals surface area (Å²) in [6.07, 6.45) is 4.64. The molecule has 2 heteroatoms. The molecule has 0 heterocycles. The van der Waals surface area contributed by atoms with Crippen molar-refractivity contribution in [1.29, 1.82) is 0 Å². The van der Waals surface area contributed by atoms with E-state index in [-0.39, 0.29) is 0 Å². The highest BCUT2D eigenvalue weighted by Gasteiger charge is 1.52. The van der Waals surface area contributed by atoms with Crippen LogP contribution < -0.4 is 0 Å². The van der Waals surface area contributed by atoms with Crippen molar-refractivity contribution in [3.63, 3.8) is 0 Å². The van der Waals surface area contributed by atoms with Crippen molar-refractivity contribution in [3.8, 4) is 0 Å². The van der Waals surface area contributed by atoms with Crippen molar-refractivity contribution >= 4 is 12.6 Å². The number of hydrogen-bond donors (Lipinski definition) is 0. The van der Waals surface area contributed by atoms with Crippen LogP contribution in [-0.4, -0.2) is 19.6 Å². The van der Waals surface area contributed by atoms with Gasteiger partial charge < -0.3 is 0 Å². The third kappa shape index (κ3) is 5.08. The standard InChI is InChI=1S/C5H8N2/c1-3-4-7-5-6-2/h3-5H,1H2,2H3. The van der Waals surface area contributed by atoms with Crippen LogP contribution in [0.5, 0.6) is 0 Å². The highest BCUT2D eigenvalue weighted by atomic mass is 14.8. The minimum Gasteiger partial charge on any atom is -0.277 e. The van der Waals surface area contributed by atoms with Gasteiger partial charge in [0.05, 0.1) is 0 Å². The van der Waals surface area contributed by atoms with E-state index in [1.165, 1.54) is 6.34 Å². The van der Waals surface area contributed by atoms with Crippen LogP contribution in [-0.2, 0) is 0 Å². The van der Waals surface area contributed by atoms with Crippen LogP contribution in [0.1, 0.15) is 0 Å². The predicted molar refractivity (Wildman–Crippen MR) is 33.1 cm³/mol. The van der Waals surface area contributed by atoms with E-state index in [0.717, 1.165) is 0 Å². The number of allylic oxidation sites excluding steroid dienone is 1. The third-order valence-electron chi connectivity index (χ3n) is 0.374. The largest absolute Gasteiger partial charge is 0.277 e. The predicted octanol–water partition coefficient (Wildman–Crippen LogP) is 0.901. The Morgan fingerprint density at radius 2 is 2.29 bits per heavy atom. The Morgan fingerprint density at radius 3 is 2.71 bits per heavy atom. The van der Waals surface area contributed by atoms with Gasteiger partial charge in [0.2, 0.25) is 0 Å². The van der Waals surface area contributed by atoms with Crippen LogP contribution in [0.3, 0.4) is 0 Å². The lowest BCUT2D eigenvalue weighted by Crippen LogP contribution is -1.63. The highest BCUT2D eigenvalue weighted by molar-refractivity contribution is 5.79. The molecule has 0 aromatic heterocycles. The van der Waals surface area contributed by atoms with Gasteiger partial charge >= 0.3 is 0 Å². The Morgan fingerprint density at radius 1 is 1.57 bits per heavy atom. The SMILES string of the molecule is C=CC=NC=NC. The first kappa shape index (κ1) is 6.08. The molecule has 0 aromatic carbocycles. The average Bonchev–Trinajstić information content (AvgIpc) is 1.69. The Bertz CT molecular complexity index is 92.3. The molecule has 7 heavy (non-hydrogen) atoms. The van der Waals surface area contributed by atoms with Crippen molar-refractivity contribution in [1.82, 2.24) is 0 Å². The summed E-state index contributed by atoms with van der Waals surface area (Å²) < 4.78 is 0. The molecule has 0 atom stereocenters. The molecule has 38 valence electrons. The van der Waals surface area contributed by atoms with E-state index >= 15 is 0 Å². The summed E-state index contributed by atoms with van der Waals surface area (Å²) in [4.78, 5) is 7.28. The highest BCUT2D eigenvalue weighted by Crippen LogP contribution is 1.57. The monoisotopic (exact) mass is 96.1 g/mol. The molecule has 0 unspecified atom stereocenters. The van der Waals surface area contributed by atoms with Gasteiger partial charge in [0.25, 0.3) is 0 Å². The van der Waals surface area contributed by atoms with Gasteiger partial charge in [-0.2, -0.15) is 0 Å². The van der Waals surface area contributed by atoms with E-state index in [9.17, 15) is 0 Å². The molecule has 0 aliphatic carbocycles. The van der Waals surface area contributed by atoms with Crippen molar-refractivity contribution in [2.45, 2.75) is 0 Å². The summed E-state index contributed by atoms with van der Waals surface area (Å²) in [6.45, 7) is 3.42. The second-order valence-corrected chi connectivity index (χ2v) is 0.908. The molecule has 0 fully saturated rings. The quantitative estimate of drug-likeness (QED) is 0.360. The molecule has 2 nitrogen and oxygen atoms in total. The molecule has 0 rings (SSSR count). The minimum atomic E-state index is 1.46. The Hall–Kier alpha value is -0.920. The number of aliphatic imine (C=N–C) groups is 2. The summed E-state index contributed by atoms with van der Waals surface area (Å²) in [6, 6.07) is 0. The van der Waals surface area contributed by atoms with Gasteiger partial charge in [-0.1, -0.05) is 12.7 Å². The fourth-order valence-corrected chi connectivity index (χ4v) is 0.166. The molecule has 0 aliphatic heterocycles. The van der Waals surface area contributed by atoms with Crippen LogP contribution in [0.4, 0.5) is 0 Å². The maximum atomic E-state index is 3.67. The van der Waals surface area contributed by atoms with E-state index in [0.29, 0.717) is 0 Å². The van der Waals surface area contributed by atoms with Crippen LogP contribution >= 0.6 is 0 Å². The topological polar surface area (TPSA) is 24.7 Å². The summed E-state index contributed by atoms with van der Waals surface area (Å²) in [5, 5.41) is 0. The first-order valence-corrected chi connectivity index (χ1v) is 1.96. The van der Waals surface area contributed by atoms with Gasteiger partial charge in [-0.15, -0.1) is 0 Å². The van der Waals surface area contributed by atoms with E-state index < -0.39 is 0 Å². The number of rotatable bonds is 2. The molecule has 0 radical (unpaired) electrons. The molecule has 0 aliphatic rings. The van der Waals surface area contributed by atoms with Crippen LogP contribution in [0.15, 0.2) is 22.6 Å². The Kier molecular flexibility index (Phi) is 4.41. The molecule has 0 saturated heterocycles. The van der Waals surface area contributed by atoms with Gasteiger partial charge in [0, 0.05) is 13.3 Å². The fourth-order valence-electron chi connectivity index (χ4n) is 0.166. The van der Waals surface area contributed by atoms with Crippen LogP contribution in [0.25, 0.3) is 0 Å². The van der Waals surface area contributed by atoms with Gasteiger partial charge in [0.1, 0.15) is 6.34 Å². The van der Waals surface area contributed by atoms with Gasteiger partial charge in [-0.3, -0.25) is 4.99 Å². The molecule has 0 spiro atoms. The maximum Gasteiger partial charge on any atom is 0.109 e. The smallest absolute Gasteiger partial charge is 0.109 e. The Balaban J connectivity index is 3.27. The lowest BCUT2D eigenvalue weighted by Gasteiger charge is -1.66. The van der Waals surface area contributed by atoms with E-state index in [4.69, 9.17) is 0 Å². The Labute approximate surface area is 43.3 Å². The molecule has 0 saturated carbocycles. The minimum absolute atomic E-state index is 1.46. The maximum absolute atomic E-state index is 3.67. The van der Waals surface area contributed by atoms with Crippen molar-refractivity contribution in [2.75, 3.05) is 7.05 Å². The summed E-state index contributed by atoms with van der Waals surface area (Å²) in [5.74, 6) is 0. The van der Waals surface area contributed by atoms with E-state index in [1.807, 2.05) is 0 Å². The fraction of sp³-hybridized carbons (Fsp3) is 0.200. The zero-order chi connectivity index (χ0) is 5.54. The van der Waals surface area contributed by atoms with Crippen molar-refractivity contribution < 1.29 is 0 Å². The van der Waals surface area contributed by atoms with Crippen LogP contribution in [0.2, 0.25) is 0 Å². The zero-order valence-electron chi connectivity index (χ0n) is 4.33. The lowest BCUT2D eigenvalue weighted by molar-refractivity contribution is 1.45. The molecular formula is C5H8N2. The molecule has 0 aromatic rings. The first-order valence-electron chi connectivity index (χ1n) is 1.96. The average molecular weight is 96.1 g/mol. The molecular weight excluding hydrogens is 88.1 g/mol. The second-order valence-electron chi connectivity index (χ2n) is 0.908.